The third-order valence-corrected chi connectivity index (χ3v) is 5.55. The lowest BCUT2D eigenvalue weighted by Gasteiger charge is -2.38. The van der Waals surface area contributed by atoms with Crippen LogP contribution in [0.15, 0.2) is 18.3 Å². The zero-order valence-electron chi connectivity index (χ0n) is 17.0. The van der Waals surface area contributed by atoms with E-state index in [1.165, 1.54) is 0 Å². The predicted octanol–water partition coefficient (Wildman–Crippen LogP) is 0.290. The number of carbonyl (C=O) groups excluding carboxylic acids is 2. The molecule has 3 heterocycles. The van der Waals surface area contributed by atoms with Crippen molar-refractivity contribution in [2.75, 3.05) is 19.3 Å². The molecule has 11 heteroatoms. The minimum absolute atomic E-state index is 0.00844. The largest absolute Gasteiger partial charge is 0.343 e. The lowest BCUT2D eigenvalue weighted by atomic mass is 9.99. The number of H-pyrrole nitrogens is 1. The number of hydrogen-bond donors (Lipinski definition) is 3. The number of hydrogen-bond acceptors (Lipinski definition) is 6. The number of nitrogens with zero attached hydrogens (tertiary/aromatic N) is 3. The van der Waals surface area contributed by atoms with Crippen LogP contribution < -0.4 is 5.73 Å². The van der Waals surface area contributed by atoms with Crippen LogP contribution in [0.4, 0.5) is 0 Å². The van der Waals surface area contributed by atoms with Gasteiger partial charge in [0.05, 0.1) is 24.0 Å². The molecule has 1 fully saturated rings. The maximum Gasteiger partial charge on any atom is 0.261 e. The van der Waals surface area contributed by atoms with Crippen LogP contribution in [0.1, 0.15) is 30.9 Å². The van der Waals surface area contributed by atoms with E-state index in [0.29, 0.717) is 32.3 Å². The highest BCUT2D eigenvalue weighted by molar-refractivity contribution is 7.85. The Labute approximate surface area is 175 Å². The van der Waals surface area contributed by atoms with E-state index in [0.717, 1.165) is 34.9 Å². The van der Waals surface area contributed by atoms with E-state index >= 15 is 0 Å². The lowest BCUT2D eigenvalue weighted by Crippen LogP contribution is -2.51. The molecular weight excluding hydrogens is 410 g/mol. The number of rotatable bonds is 1. The number of carbonyl (C=O) groups is 2. The van der Waals surface area contributed by atoms with Gasteiger partial charge in [-0.05, 0) is 36.5 Å². The Bertz CT molecular complexity index is 1030. The van der Waals surface area contributed by atoms with Crippen molar-refractivity contribution in [1.29, 1.82) is 0 Å². The highest BCUT2D eigenvalue weighted by atomic mass is 32.2. The van der Waals surface area contributed by atoms with Crippen molar-refractivity contribution in [3.8, 4) is 0 Å². The molecule has 164 valence electrons. The first kappa shape index (κ1) is 22.2. The summed E-state index contributed by atoms with van der Waals surface area (Å²) >= 11 is 0. The number of benzene rings is 1. The highest BCUT2D eigenvalue weighted by Crippen LogP contribution is 2.29. The Morgan fingerprint density at radius 2 is 1.93 bits per heavy atom. The second-order valence-corrected chi connectivity index (χ2v) is 9.25. The minimum atomic E-state index is -3.67. The summed E-state index contributed by atoms with van der Waals surface area (Å²) in [5.74, 6) is 0.108. The van der Waals surface area contributed by atoms with Gasteiger partial charge >= 0.3 is 0 Å². The molecule has 10 nitrogen and oxygen atoms in total. The molecule has 4 rings (SSSR count). The van der Waals surface area contributed by atoms with E-state index in [1.807, 2.05) is 28.1 Å². The van der Waals surface area contributed by atoms with Gasteiger partial charge in [0.1, 0.15) is 0 Å². The summed E-state index contributed by atoms with van der Waals surface area (Å²) in [6.45, 7) is 3.55. The van der Waals surface area contributed by atoms with Crippen LogP contribution in [0.3, 0.4) is 0 Å². The van der Waals surface area contributed by atoms with Gasteiger partial charge in [0, 0.05) is 38.0 Å². The van der Waals surface area contributed by atoms with Crippen LogP contribution >= 0.6 is 0 Å². The average molecular weight is 438 g/mol. The van der Waals surface area contributed by atoms with Crippen molar-refractivity contribution in [1.82, 2.24) is 20.0 Å². The molecule has 1 atom stereocenters. The van der Waals surface area contributed by atoms with Gasteiger partial charge in [0.15, 0.2) is 0 Å². The van der Waals surface area contributed by atoms with Gasteiger partial charge in [0.2, 0.25) is 11.8 Å². The van der Waals surface area contributed by atoms with Gasteiger partial charge in [-0.3, -0.25) is 19.2 Å². The molecular formula is C19H27N5O5S. The van der Waals surface area contributed by atoms with Crippen molar-refractivity contribution >= 4 is 32.8 Å². The molecule has 4 N–H and O–H groups in total. The molecule has 1 saturated heterocycles. The van der Waals surface area contributed by atoms with Crippen molar-refractivity contribution in [2.45, 2.75) is 44.8 Å². The smallest absolute Gasteiger partial charge is 0.261 e. The molecule has 2 amide bonds. The summed E-state index contributed by atoms with van der Waals surface area (Å²) < 4.78 is 25.9. The third kappa shape index (κ3) is 5.15. The van der Waals surface area contributed by atoms with Crippen LogP contribution in [0.25, 0.3) is 10.9 Å². The zero-order chi connectivity index (χ0) is 22.1. The number of aromatic amines is 1. The fourth-order valence-corrected chi connectivity index (χ4v) is 4.09. The first-order valence-electron chi connectivity index (χ1n) is 9.72. The fourth-order valence-electron chi connectivity index (χ4n) is 4.09. The van der Waals surface area contributed by atoms with Gasteiger partial charge in [-0.1, -0.05) is 6.07 Å². The van der Waals surface area contributed by atoms with Crippen molar-refractivity contribution in [2.24, 2.45) is 5.73 Å². The number of fused-ring (bicyclic) bond motifs is 3. The highest BCUT2D eigenvalue weighted by Gasteiger charge is 2.34. The Kier molecular flexibility index (Phi) is 6.44. The number of likely N-dealkylation sites (tertiary alicyclic amines) is 1. The lowest BCUT2D eigenvalue weighted by molar-refractivity contribution is -0.137. The minimum Gasteiger partial charge on any atom is -0.343 e. The number of nitrogens with two attached hydrogens (primary N) is 1. The second-order valence-electron chi connectivity index (χ2n) is 7.78. The summed E-state index contributed by atoms with van der Waals surface area (Å²) in [6.07, 6.45) is 4.70. The molecule has 30 heavy (non-hydrogen) atoms. The van der Waals surface area contributed by atoms with E-state index in [2.05, 4.69) is 10.2 Å². The van der Waals surface area contributed by atoms with Crippen LogP contribution in [0.5, 0.6) is 0 Å². The van der Waals surface area contributed by atoms with Gasteiger partial charge in [0.25, 0.3) is 10.1 Å². The molecule has 0 aliphatic carbocycles. The summed E-state index contributed by atoms with van der Waals surface area (Å²) in [5.41, 5.74) is 9.45. The molecule has 2 aromatic rings. The summed E-state index contributed by atoms with van der Waals surface area (Å²) in [5, 5.41) is 8.20. The third-order valence-electron chi connectivity index (χ3n) is 5.55. The van der Waals surface area contributed by atoms with Crippen LogP contribution in [0.2, 0.25) is 0 Å². The van der Waals surface area contributed by atoms with Gasteiger partial charge in [-0.15, -0.1) is 0 Å². The second kappa shape index (κ2) is 8.70. The van der Waals surface area contributed by atoms with Crippen molar-refractivity contribution in [3.63, 3.8) is 0 Å². The molecule has 2 aliphatic rings. The van der Waals surface area contributed by atoms with E-state index in [1.54, 1.807) is 6.92 Å². The molecule has 0 radical (unpaired) electrons. The molecule has 1 aromatic heterocycles. The van der Waals surface area contributed by atoms with E-state index < -0.39 is 16.2 Å². The molecule has 2 aliphatic heterocycles. The first-order chi connectivity index (χ1) is 14.0. The topological polar surface area (TPSA) is 150 Å². The van der Waals surface area contributed by atoms with E-state index in [4.69, 9.17) is 10.3 Å². The van der Waals surface area contributed by atoms with Crippen LogP contribution in [-0.4, -0.2) is 76.2 Å². The van der Waals surface area contributed by atoms with E-state index in [-0.39, 0.29) is 17.9 Å². The fraction of sp³-hybridized carbons (Fsp3) is 0.526. The van der Waals surface area contributed by atoms with Gasteiger partial charge < -0.3 is 15.5 Å². The predicted molar refractivity (Wildman–Crippen MR) is 111 cm³/mol. The normalized spacial score (nSPS) is 20.4. The van der Waals surface area contributed by atoms with E-state index in [9.17, 15) is 18.0 Å². The SMILES string of the molecule is CC(=O)N1CCC(N2Cc3c(ccc4[nH]ncc34)C[C@@H](N)C2=O)CC1.CS(=O)(=O)O. The Balaban J connectivity index is 0.000000461. The first-order valence-corrected chi connectivity index (χ1v) is 11.6. The quantitative estimate of drug-likeness (QED) is 0.543. The maximum absolute atomic E-state index is 12.9. The summed E-state index contributed by atoms with van der Waals surface area (Å²) in [6, 6.07) is 3.66. The monoisotopic (exact) mass is 437 g/mol. The standard InChI is InChI=1S/C18H23N5O2.CH4O3S/c1-11(24)22-6-4-13(5-7-22)23-10-15-12(8-16(19)18(23)25)2-3-17-14(15)9-20-21-17;1-5(2,3)4/h2-3,9,13,16H,4-8,10,19H2,1H3,(H,20,21);1H3,(H,2,3,4)/t16-;/m1./s1. The van der Waals surface area contributed by atoms with Crippen LogP contribution in [0, 0.1) is 0 Å². The summed E-state index contributed by atoms with van der Waals surface area (Å²) in [7, 11) is -3.67. The van der Waals surface area contributed by atoms with Crippen LogP contribution in [-0.2, 0) is 32.7 Å². The Morgan fingerprint density at radius 3 is 2.53 bits per heavy atom. The molecule has 0 unspecified atom stereocenters. The molecule has 0 spiro atoms. The van der Waals surface area contributed by atoms with Crippen molar-refractivity contribution < 1.29 is 22.6 Å². The molecule has 0 bridgehead atoms. The summed E-state index contributed by atoms with van der Waals surface area (Å²) in [4.78, 5) is 28.2. The Morgan fingerprint density at radius 1 is 1.30 bits per heavy atom. The number of nitrogens with one attached hydrogen (secondary N) is 1. The number of piperidine rings is 1. The maximum atomic E-state index is 12.9. The molecule has 0 saturated carbocycles. The van der Waals surface area contributed by atoms with Gasteiger partial charge in [-0.25, -0.2) is 0 Å². The number of amides is 2. The average Bonchev–Trinajstić information content (AvgIpc) is 3.09. The van der Waals surface area contributed by atoms with Gasteiger partial charge in [-0.2, -0.15) is 13.5 Å². The van der Waals surface area contributed by atoms with Crippen molar-refractivity contribution in [3.05, 3.63) is 29.5 Å². The zero-order valence-corrected chi connectivity index (χ0v) is 17.9. The number of aromatic nitrogens is 2. The Hall–Kier alpha value is -2.50. The molecule has 1 aromatic carbocycles.